The lowest BCUT2D eigenvalue weighted by atomic mass is 9.87. The number of aromatic nitrogens is 2. The predicted molar refractivity (Wildman–Crippen MR) is 72.9 cm³/mol. The van der Waals surface area contributed by atoms with Crippen molar-refractivity contribution in [3.05, 3.63) is 52.8 Å². The number of aryl methyl sites for hydroxylation is 2. The summed E-state index contributed by atoms with van der Waals surface area (Å²) in [4.78, 5) is 12.2. The quantitative estimate of drug-likeness (QED) is 0.866. The molecule has 0 bridgehead atoms. The predicted octanol–water partition coefficient (Wildman–Crippen LogP) is 2.53. The molecular formula is C15H17N3O. The number of nitrogens with zero attached hydrogens (tertiary/aromatic N) is 1. The van der Waals surface area contributed by atoms with Crippen LogP contribution in [-0.4, -0.2) is 16.1 Å². The number of hydrogen-bond acceptors (Lipinski definition) is 2. The highest BCUT2D eigenvalue weighted by Crippen LogP contribution is 2.29. The zero-order valence-electron chi connectivity index (χ0n) is 10.9. The molecule has 0 fully saturated rings. The first-order valence-electron chi connectivity index (χ1n) is 6.64. The summed E-state index contributed by atoms with van der Waals surface area (Å²) < 4.78 is 0. The Kier molecular flexibility index (Phi) is 3.07. The van der Waals surface area contributed by atoms with Crippen LogP contribution in [0, 0.1) is 6.92 Å². The Labute approximate surface area is 112 Å². The Hall–Kier alpha value is -2.10. The molecule has 0 saturated heterocycles. The number of rotatable bonds is 2. The SMILES string of the molecule is Cc1[nH]ncc1C(=O)NC1CCCc2ccccc21. The molecule has 19 heavy (non-hydrogen) atoms. The standard InChI is InChI=1S/C15H17N3O/c1-10-13(9-16-18-10)15(19)17-14-8-4-6-11-5-2-3-7-12(11)14/h2-3,5,7,9,14H,4,6,8H2,1H3,(H,16,18)(H,17,19). The van der Waals surface area contributed by atoms with E-state index in [9.17, 15) is 4.79 Å². The van der Waals surface area contributed by atoms with Gasteiger partial charge in [0.15, 0.2) is 0 Å². The van der Waals surface area contributed by atoms with E-state index in [1.807, 2.05) is 13.0 Å². The van der Waals surface area contributed by atoms with Gasteiger partial charge in [-0.2, -0.15) is 5.10 Å². The van der Waals surface area contributed by atoms with Gasteiger partial charge in [-0.05, 0) is 37.3 Å². The van der Waals surface area contributed by atoms with Crippen LogP contribution in [-0.2, 0) is 6.42 Å². The maximum atomic E-state index is 12.2. The van der Waals surface area contributed by atoms with E-state index in [-0.39, 0.29) is 11.9 Å². The van der Waals surface area contributed by atoms with Crippen LogP contribution in [0.4, 0.5) is 0 Å². The smallest absolute Gasteiger partial charge is 0.255 e. The van der Waals surface area contributed by atoms with Crippen molar-refractivity contribution in [1.82, 2.24) is 15.5 Å². The van der Waals surface area contributed by atoms with Crippen molar-refractivity contribution < 1.29 is 4.79 Å². The van der Waals surface area contributed by atoms with Gasteiger partial charge in [0.1, 0.15) is 0 Å². The average molecular weight is 255 g/mol. The lowest BCUT2D eigenvalue weighted by Crippen LogP contribution is -2.31. The van der Waals surface area contributed by atoms with Gasteiger partial charge in [-0.1, -0.05) is 24.3 Å². The summed E-state index contributed by atoms with van der Waals surface area (Å²) in [7, 11) is 0. The molecule has 0 radical (unpaired) electrons. The second kappa shape index (κ2) is 4.88. The van der Waals surface area contributed by atoms with Crippen LogP contribution in [0.3, 0.4) is 0 Å². The number of nitrogens with one attached hydrogen (secondary N) is 2. The van der Waals surface area contributed by atoms with Crippen LogP contribution in [0.5, 0.6) is 0 Å². The molecular weight excluding hydrogens is 238 g/mol. The highest BCUT2D eigenvalue weighted by Gasteiger charge is 2.22. The number of hydrogen-bond donors (Lipinski definition) is 2. The minimum absolute atomic E-state index is 0.0482. The molecule has 98 valence electrons. The fourth-order valence-corrected chi connectivity index (χ4v) is 2.72. The molecule has 1 aromatic carbocycles. The molecule has 2 aromatic rings. The number of aromatic amines is 1. The number of H-pyrrole nitrogens is 1. The molecule has 1 atom stereocenters. The van der Waals surface area contributed by atoms with Gasteiger partial charge in [0, 0.05) is 5.69 Å². The van der Waals surface area contributed by atoms with E-state index in [2.05, 4.69) is 33.7 Å². The first-order valence-corrected chi connectivity index (χ1v) is 6.64. The minimum atomic E-state index is -0.0482. The molecule has 1 aliphatic carbocycles. The van der Waals surface area contributed by atoms with Gasteiger partial charge in [0.2, 0.25) is 0 Å². The van der Waals surface area contributed by atoms with E-state index < -0.39 is 0 Å². The summed E-state index contributed by atoms with van der Waals surface area (Å²) in [6.07, 6.45) is 4.80. The summed E-state index contributed by atoms with van der Waals surface area (Å²) in [5, 5.41) is 9.81. The number of carbonyl (C=O) groups is 1. The Balaban J connectivity index is 1.82. The van der Waals surface area contributed by atoms with Crippen LogP contribution < -0.4 is 5.32 Å². The minimum Gasteiger partial charge on any atom is -0.345 e. The third-order valence-corrected chi connectivity index (χ3v) is 3.75. The van der Waals surface area contributed by atoms with Gasteiger partial charge in [-0.25, -0.2) is 0 Å². The number of amides is 1. The van der Waals surface area contributed by atoms with Crippen LogP contribution in [0.15, 0.2) is 30.5 Å². The van der Waals surface area contributed by atoms with E-state index >= 15 is 0 Å². The summed E-state index contributed by atoms with van der Waals surface area (Å²) in [5.41, 5.74) is 4.04. The average Bonchev–Trinajstić information content (AvgIpc) is 2.85. The normalized spacial score (nSPS) is 17.8. The molecule has 4 nitrogen and oxygen atoms in total. The fraction of sp³-hybridized carbons (Fsp3) is 0.333. The van der Waals surface area contributed by atoms with Crippen LogP contribution in [0.25, 0.3) is 0 Å². The van der Waals surface area contributed by atoms with Crippen molar-refractivity contribution in [2.45, 2.75) is 32.2 Å². The topological polar surface area (TPSA) is 57.8 Å². The van der Waals surface area contributed by atoms with Gasteiger partial charge in [-0.15, -0.1) is 0 Å². The van der Waals surface area contributed by atoms with Gasteiger partial charge >= 0.3 is 0 Å². The molecule has 0 spiro atoms. The Morgan fingerprint density at radius 3 is 3.05 bits per heavy atom. The van der Waals surface area contributed by atoms with Crippen LogP contribution in [0.2, 0.25) is 0 Å². The maximum absolute atomic E-state index is 12.2. The van der Waals surface area contributed by atoms with Crippen molar-refractivity contribution in [3.63, 3.8) is 0 Å². The van der Waals surface area contributed by atoms with Crippen molar-refractivity contribution in [2.24, 2.45) is 0 Å². The van der Waals surface area contributed by atoms with Crippen molar-refractivity contribution in [3.8, 4) is 0 Å². The number of benzene rings is 1. The number of fused-ring (bicyclic) bond motifs is 1. The summed E-state index contributed by atoms with van der Waals surface area (Å²) in [5.74, 6) is -0.0482. The molecule has 0 saturated carbocycles. The number of carbonyl (C=O) groups excluding carboxylic acids is 1. The van der Waals surface area contributed by atoms with Crippen molar-refractivity contribution in [2.75, 3.05) is 0 Å². The summed E-state index contributed by atoms with van der Waals surface area (Å²) >= 11 is 0. The molecule has 1 aliphatic rings. The zero-order chi connectivity index (χ0) is 13.2. The summed E-state index contributed by atoms with van der Waals surface area (Å²) in [6, 6.07) is 8.47. The third-order valence-electron chi connectivity index (χ3n) is 3.75. The maximum Gasteiger partial charge on any atom is 0.255 e. The second-order valence-electron chi connectivity index (χ2n) is 5.03. The molecule has 1 heterocycles. The molecule has 3 rings (SSSR count). The fourth-order valence-electron chi connectivity index (χ4n) is 2.72. The zero-order valence-corrected chi connectivity index (χ0v) is 10.9. The largest absolute Gasteiger partial charge is 0.345 e. The molecule has 0 aliphatic heterocycles. The second-order valence-corrected chi connectivity index (χ2v) is 5.03. The molecule has 1 unspecified atom stereocenters. The molecule has 4 heteroatoms. The van der Waals surface area contributed by atoms with E-state index in [0.29, 0.717) is 5.56 Å². The molecule has 1 aromatic heterocycles. The van der Waals surface area contributed by atoms with E-state index in [4.69, 9.17) is 0 Å². The monoisotopic (exact) mass is 255 g/mol. The van der Waals surface area contributed by atoms with Gasteiger partial charge < -0.3 is 5.32 Å². The van der Waals surface area contributed by atoms with Crippen molar-refractivity contribution >= 4 is 5.91 Å². The van der Waals surface area contributed by atoms with Gasteiger partial charge in [0.05, 0.1) is 17.8 Å². The first-order chi connectivity index (χ1) is 9.25. The van der Waals surface area contributed by atoms with Crippen molar-refractivity contribution in [1.29, 1.82) is 0 Å². The van der Waals surface area contributed by atoms with Crippen LogP contribution in [0.1, 0.15) is 46.1 Å². The van der Waals surface area contributed by atoms with Crippen LogP contribution >= 0.6 is 0 Å². The lowest BCUT2D eigenvalue weighted by molar-refractivity contribution is 0.0932. The van der Waals surface area contributed by atoms with E-state index in [0.717, 1.165) is 25.0 Å². The van der Waals surface area contributed by atoms with Gasteiger partial charge in [-0.3, -0.25) is 9.89 Å². The highest BCUT2D eigenvalue weighted by molar-refractivity contribution is 5.95. The first kappa shape index (κ1) is 12.0. The molecule has 2 N–H and O–H groups in total. The molecule has 1 amide bonds. The highest BCUT2D eigenvalue weighted by atomic mass is 16.1. The van der Waals surface area contributed by atoms with Gasteiger partial charge in [0.25, 0.3) is 5.91 Å². The Morgan fingerprint density at radius 2 is 2.26 bits per heavy atom. The Morgan fingerprint density at radius 1 is 1.42 bits per heavy atom. The lowest BCUT2D eigenvalue weighted by Gasteiger charge is -2.26. The van der Waals surface area contributed by atoms with E-state index in [1.54, 1.807) is 6.20 Å². The van der Waals surface area contributed by atoms with E-state index in [1.165, 1.54) is 11.1 Å². The third kappa shape index (κ3) is 2.26. The Bertz CT molecular complexity index is 603. The summed E-state index contributed by atoms with van der Waals surface area (Å²) in [6.45, 7) is 1.86.